The van der Waals surface area contributed by atoms with Gasteiger partial charge in [0.05, 0.1) is 10.7 Å². The van der Waals surface area contributed by atoms with Crippen molar-refractivity contribution in [3.8, 4) is 0 Å². The molecule has 1 heterocycles. The Kier molecular flexibility index (Phi) is 4.97. The molecule has 1 aliphatic heterocycles. The summed E-state index contributed by atoms with van der Waals surface area (Å²) in [5.41, 5.74) is -0.283. The zero-order valence-corrected chi connectivity index (χ0v) is 9.95. The molecule has 0 aromatic carbocycles. The van der Waals surface area contributed by atoms with Crippen molar-refractivity contribution in [1.29, 1.82) is 0 Å². The Labute approximate surface area is 96.2 Å². The van der Waals surface area contributed by atoms with Crippen LogP contribution in [0.5, 0.6) is 0 Å². The molecule has 0 aromatic heterocycles. The van der Waals surface area contributed by atoms with Crippen LogP contribution in [0.2, 0.25) is 0 Å². The maximum absolute atomic E-state index is 11.5. The van der Waals surface area contributed by atoms with Crippen molar-refractivity contribution in [2.24, 2.45) is 0 Å². The van der Waals surface area contributed by atoms with Gasteiger partial charge in [0.15, 0.2) is 5.03 Å². The Morgan fingerprint density at radius 1 is 1.73 bits per heavy atom. The van der Waals surface area contributed by atoms with Gasteiger partial charge in [0.25, 0.3) is 0 Å². The van der Waals surface area contributed by atoms with Crippen molar-refractivity contribution in [1.82, 2.24) is 5.32 Å². The second-order valence-electron chi connectivity index (χ2n) is 2.92. The van der Waals surface area contributed by atoms with Gasteiger partial charge in [-0.05, 0) is 12.7 Å². The molecule has 0 spiro atoms. The maximum atomic E-state index is 11.5. The molecule has 1 saturated heterocycles. The second kappa shape index (κ2) is 6.02. The molecular weight excluding hydrogens is 236 g/mol. The standard InChI is InChI=1S/C8H12N2O3S2/c1-14-5-6(11)7(10(12)13)8-9-3-2-4-15-8/h9H,2-5H2,1H3. The molecule has 15 heavy (non-hydrogen) atoms. The van der Waals surface area contributed by atoms with Crippen molar-refractivity contribution in [3.63, 3.8) is 0 Å². The minimum absolute atomic E-state index is 0.155. The van der Waals surface area contributed by atoms with Gasteiger partial charge in [-0.3, -0.25) is 14.9 Å². The van der Waals surface area contributed by atoms with Crippen molar-refractivity contribution < 1.29 is 9.72 Å². The summed E-state index contributed by atoms with van der Waals surface area (Å²) in [4.78, 5) is 21.7. The summed E-state index contributed by atoms with van der Waals surface area (Å²) < 4.78 is 0. The lowest BCUT2D eigenvalue weighted by molar-refractivity contribution is -0.419. The fourth-order valence-electron chi connectivity index (χ4n) is 1.16. The number of nitrogens with one attached hydrogen (secondary N) is 1. The molecule has 1 N–H and O–H groups in total. The van der Waals surface area contributed by atoms with Crippen molar-refractivity contribution in [2.75, 3.05) is 24.3 Å². The average molecular weight is 248 g/mol. The number of nitrogens with zero attached hydrogens (tertiary/aromatic N) is 1. The number of rotatable bonds is 4. The predicted octanol–water partition coefficient (Wildman–Crippen LogP) is 1.09. The summed E-state index contributed by atoms with van der Waals surface area (Å²) in [5.74, 6) is 0.568. The highest BCUT2D eigenvalue weighted by atomic mass is 32.2. The molecule has 0 unspecified atom stereocenters. The number of nitro groups is 1. The number of carbonyl (C=O) groups is 1. The largest absolute Gasteiger partial charge is 0.374 e. The van der Waals surface area contributed by atoms with Crippen molar-refractivity contribution in [2.45, 2.75) is 6.42 Å². The molecular formula is C8H12N2O3S2. The van der Waals surface area contributed by atoms with Gasteiger partial charge in [-0.2, -0.15) is 11.8 Å². The molecule has 1 aliphatic rings. The SMILES string of the molecule is CSCC(=O)C(=C1NCCCS1)[N+](=O)[O-]. The lowest BCUT2D eigenvalue weighted by atomic mass is 10.3. The van der Waals surface area contributed by atoms with E-state index in [0.717, 1.165) is 12.2 Å². The van der Waals surface area contributed by atoms with E-state index in [9.17, 15) is 14.9 Å². The van der Waals surface area contributed by atoms with Crippen LogP contribution < -0.4 is 5.32 Å². The van der Waals surface area contributed by atoms with Gasteiger partial charge >= 0.3 is 5.70 Å². The number of hydrogen-bond donors (Lipinski definition) is 1. The van der Waals surface area contributed by atoms with Gasteiger partial charge in [0.1, 0.15) is 0 Å². The molecule has 0 aliphatic carbocycles. The summed E-state index contributed by atoms with van der Waals surface area (Å²) in [6, 6.07) is 0. The number of allylic oxidation sites excluding steroid dienone is 1. The van der Waals surface area contributed by atoms with E-state index in [1.807, 2.05) is 0 Å². The highest BCUT2D eigenvalue weighted by Crippen LogP contribution is 2.23. The number of ketones is 1. The van der Waals surface area contributed by atoms with E-state index in [-0.39, 0.29) is 11.4 Å². The molecule has 0 amide bonds. The summed E-state index contributed by atoms with van der Waals surface area (Å²) in [7, 11) is 0. The van der Waals surface area contributed by atoms with Gasteiger partial charge < -0.3 is 5.32 Å². The molecule has 1 rings (SSSR count). The van der Waals surface area contributed by atoms with Crippen LogP contribution in [0.1, 0.15) is 6.42 Å². The van der Waals surface area contributed by atoms with Gasteiger partial charge in [-0.25, -0.2) is 0 Å². The van der Waals surface area contributed by atoms with Crippen LogP contribution in [0.15, 0.2) is 10.7 Å². The summed E-state index contributed by atoms with van der Waals surface area (Å²) in [6.45, 7) is 0.701. The van der Waals surface area contributed by atoms with E-state index < -0.39 is 10.7 Å². The Hall–Kier alpha value is -0.690. The molecule has 0 aromatic rings. The quantitative estimate of drug-likeness (QED) is 0.456. The highest BCUT2D eigenvalue weighted by Gasteiger charge is 2.28. The van der Waals surface area contributed by atoms with E-state index in [2.05, 4.69) is 5.32 Å². The van der Waals surface area contributed by atoms with Crippen LogP contribution >= 0.6 is 23.5 Å². The molecule has 5 nitrogen and oxygen atoms in total. The lowest BCUT2D eigenvalue weighted by Gasteiger charge is -2.15. The number of hydrogen-bond acceptors (Lipinski definition) is 6. The first-order valence-corrected chi connectivity index (χ1v) is 6.82. The highest BCUT2D eigenvalue weighted by molar-refractivity contribution is 8.03. The topological polar surface area (TPSA) is 72.2 Å². The van der Waals surface area contributed by atoms with Crippen molar-refractivity contribution >= 4 is 29.3 Å². The van der Waals surface area contributed by atoms with Crippen LogP contribution in [0.4, 0.5) is 0 Å². The predicted molar refractivity (Wildman–Crippen MR) is 62.5 cm³/mol. The van der Waals surface area contributed by atoms with E-state index in [1.165, 1.54) is 23.5 Å². The molecule has 84 valence electrons. The summed E-state index contributed by atoms with van der Waals surface area (Å²) >= 11 is 2.64. The summed E-state index contributed by atoms with van der Waals surface area (Å²) in [6.07, 6.45) is 2.72. The second-order valence-corrected chi connectivity index (χ2v) is 4.89. The third-order valence-corrected chi connectivity index (χ3v) is 3.46. The van der Waals surface area contributed by atoms with Crippen LogP contribution in [0.25, 0.3) is 0 Å². The fourth-order valence-corrected chi connectivity index (χ4v) is 2.58. The van der Waals surface area contributed by atoms with Gasteiger partial charge in [-0.15, -0.1) is 11.8 Å². The molecule has 0 saturated carbocycles. The first-order chi connectivity index (χ1) is 7.16. The van der Waals surface area contributed by atoms with Gasteiger partial charge in [0, 0.05) is 12.3 Å². The normalized spacial score (nSPS) is 19.3. The Morgan fingerprint density at radius 2 is 2.47 bits per heavy atom. The minimum Gasteiger partial charge on any atom is -0.374 e. The van der Waals surface area contributed by atoms with E-state index in [0.29, 0.717) is 11.6 Å². The van der Waals surface area contributed by atoms with Gasteiger partial charge in [-0.1, -0.05) is 0 Å². The number of Topliss-reactive ketones (excluding diaryl/α,β-unsaturated/α-hetero) is 1. The van der Waals surface area contributed by atoms with E-state index >= 15 is 0 Å². The summed E-state index contributed by atoms with van der Waals surface area (Å²) in [5, 5.41) is 14.1. The van der Waals surface area contributed by atoms with Crippen molar-refractivity contribution in [3.05, 3.63) is 20.8 Å². The molecule has 0 atom stereocenters. The monoisotopic (exact) mass is 248 g/mol. The number of carbonyl (C=O) groups excluding carboxylic acids is 1. The zero-order valence-electron chi connectivity index (χ0n) is 8.32. The molecule has 0 radical (unpaired) electrons. The zero-order chi connectivity index (χ0) is 11.3. The molecule has 1 fully saturated rings. The molecule has 0 bridgehead atoms. The van der Waals surface area contributed by atoms with E-state index in [4.69, 9.17) is 0 Å². The minimum atomic E-state index is -0.584. The smallest absolute Gasteiger partial charge is 0.342 e. The number of thioether (sulfide) groups is 2. The van der Waals surface area contributed by atoms with Crippen LogP contribution in [0.3, 0.4) is 0 Å². The first kappa shape index (κ1) is 12.4. The van der Waals surface area contributed by atoms with Crippen LogP contribution in [0, 0.1) is 10.1 Å². The van der Waals surface area contributed by atoms with Crippen LogP contribution in [-0.2, 0) is 4.79 Å². The third-order valence-electron chi connectivity index (χ3n) is 1.79. The Bertz CT molecular complexity index is 296. The fraction of sp³-hybridized carbons (Fsp3) is 0.625. The Balaban J connectivity index is 2.88. The lowest BCUT2D eigenvalue weighted by Crippen LogP contribution is -2.26. The maximum Gasteiger partial charge on any atom is 0.342 e. The third kappa shape index (κ3) is 3.42. The first-order valence-electron chi connectivity index (χ1n) is 4.44. The average Bonchev–Trinajstić information content (AvgIpc) is 2.19. The Morgan fingerprint density at radius 3 is 2.93 bits per heavy atom. The molecule has 7 heteroatoms. The van der Waals surface area contributed by atoms with Crippen LogP contribution in [-0.4, -0.2) is 35.0 Å². The van der Waals surface area contributed by atoms with Gasteiger partial charge in [0.2, 0.25) is 5.78 Å². The van der Waals surface area contributed by atoms with E-state index in [1.54, 1.807) is 6.26 Å².